The Hall–Kier alpha value is -0.500. The van der Waals surface area contributed by atoms with Crippen LogP contribution in [-0.4, -0.2) is 18.3 Å². The van der Waals surface area contributed by atoms with Gasteiger partial charge in [0.05, 0.1) is 19.0 Å². The Morgan fingerprint density at radius 1 is 1.50 bits per heavy atom. The van der Waals surface area contributed by atoms with E-state index in [0.717, 1.165) is 12.8 Å². The zero-order chi connectivity index (χ0) is 9.61. The van der Waals surface area contributed by atoms with Gasteiger partial charge in [0.25, 0.3) is 0 Å². The molecule has 0 aromatic heterocycles. The van der Waals surface area contributed by atoms with Gasteiger partial charge in [0.1, 0.15) is 0 Å². The Kier molecular flexibility index (Phi) is 4.98. The van der Waals surface area contributed by atoms with Crippen molar-refractivity contribution in [3.05, 3.63) is 12.3 Å². The topological polar surface area (TPSA) is 29.5 Å². The summed E-state index contributed by atoms with van der Waals surface area (Å²) in [6, 6.07) is 0. The maximum absolute atomic E-state index is 8.98. The molecule has 0 atom stereocenters. The van der Waals surface area contributed by atoms with Crippen molar-refractivity contribution in [2.24, 2.45) is 5.41 Å². The summed E-state index contributed by atoms with van der Waals surface area (Å²) in [5, 5.41) is 8.98. The van der Waals surface area contributed by atoms with Crippen molar-refractivity contribution in [1.82, 2.24) is 0 Å². The normalized spacial score (nSPS) is 11.3. The zero-order valence-corrected chi connectivity index (χ0v) is 8.39. The fourth-order valence-corrected chi connectivity index (χ4v) is 0.623. The quantitative estimate of drug-likeness (QED) is 0.492. The maximum atomic E-state index is 8.98. The van der Waals surface area contributed by atoms with Crippen LogP contribution in [0.2, 0.25) is 0 Å². The van der Waals surface area contributed by atoms with Gasteiger partial charge in [-0.1, -0.05) is 33.8 Å². The Morgan fingerprint density at radius 2 is 2.08 bits per heavy atom. The maximum Gasteiger partial charge on any atom is 0.0967 e. The van der Waals surface area contributed by atoms with Crippen LogP contribution >= 0.6 is 0 Å². The lowest BCUT2D eigenvalue weighted by Gasteiger charge is -2.24. The van der Waals surface area contributed by atoms with E-state index in [1.54, 1.807) is 0 Å². The van der Waals surface area contributed by atoms with Crippen LogP contribution in [0.25, 0.3) is 0 Å². The molecule has 2 nitrogen and oxygen atoms in total. The molecule has 0 aliphatic rings. The molecule has 0 aromatic carbocycles. The summed E-state index contributed by atoms with van der Waals surface area (Å²) >= 11 is 0. The molecule has 0 fully saturated rings. The Morgan fingerprint density at radius 3 is 2.50 bits per heavy atom. The molecule has 0 aliphatic carbocycles. The molecule has 0 bridgehead atoms. The third-order valence-corrected chi connectivity index (χ3v) is 1.92. The third kappa shape index (κ3) is 3.77. The van der Waals surface area contributed by atoms with Gasteiger partial charge in [0.15, 0.2) is 0 Å². The standard InChI is InChI=1S/C10H20O2/c1-5-6-7-12-9(2)10(3,4)8-11/h11H,2,5-8H2,1,3-4H3. The van der Waals surface area contributed by atoms with Crippen LogP contribution in [0.4, 0.5) is 0 Å². The summed E-state index contributed by atoms with van der Waals surface area (Å²) < 4.78 is 5.38. The van der Waals surface area contributed by atoms with Gasteiger partial charge in [0.2, 0.25) is 0 Å². The van der Waals surface area contributed by atoms with Crippen molar-refractivity contribution in [1.29, 1.82) is 0 Å². The van der Waals surface area contributed by atoms with Crippen molar-refractivity contribution in [3.63, 3.8) is 0 Å². The van der Waals surface area contributed by atoms with Gasteiger partial charge in [0, 0.05) is 5.41 Å². The fourth-order valence-electron chi connectivity index (χ4n) is 0.623. The van der Waals surface area contributed by atoms with Crippen LogP contribution in [0.1, 0.15) is 33.6 Å². The number of ether oxygens (including phenoxy) is 1. The van der Waals surface area contributed by atoms with Gasteiger partial charge in [-0.25, -0.2) is 0 Å². The van der Waals surface area contributed by atoms with Crippen molar-refractivity contribution in [2.45, 2.75) is 33.6 Å². The monoisotopic (exact) mass is 172 g/mol. The zero-order valence-electron chi connectivity index (χ0n) is 8.39. The lowest BCUT2D eigenvalue weighted by molar-refractivity contribution is 0.0944. The summed E-state index contributed by atoms with van der Waals surface area (Å²) in [5.41, 5.74) is -0.312. The predicted molar refractivity (Wildman–Crippen MR) is 50.9 cm³/mol. The molecular formula is C10H20O2. The predicted octanol–water partition coefficient (Wildman–Crippen LogP) is 2.34. The van der Waals surface area contributed by atoms with E-state index in [-0.39, 0.29) is 12.0 Å². The number of hydrogen-bond acceptors (Lipinski definition) is 2. The summed E-state index contributed by atoms with van der Waals surface area (Å²) in [4.78, 5) is 0. The molecule has 0 saturated carbocycles. The summed E-state index contributed by atoms with van der Waals surface area (Å²) in [7, 11) is 0. The highest BCUT2D eigenvalue weighted by Crippen LogP contribution is 2.24. The number of unbranched alkanes of at least 4 members (excludes halogenated alkanes) is 1. The Labute approximate surface area is 75.2 Å². The Bertz CT molecular complexity index is 139. The first-order valence-corrected chi connectivity index (χ1v) is 4.47. The number of hydrogen-bond donors (Lipinski definition) is 1. The van der Waals surface area contributed by atoms with E-state index >= 15 is 0 Å². The van der Waals surface area contributed by atoms with Gasteiger partial charge in [-0.05, 0) is 6.42 Å². The number of aliphatic hydroxyl groups is 1. The molecule has 1 N–H and O–H groups in total. The second kappa shape index (κ2) is 5.20. The molecule has 0 aliphatic heterocycles. The largest absolute Gasteiger partial charge is 0.498 e. The summed E-state index contributed by atoms with van der Waals surface area (Å²) in [6.07, 6.45) is 2.16. The SMILES string of the molecule is C=C(OCCCC)C(C)(C)CO. The molecule has 0 radical (unpaired) electrons. The highest BCUT2D eigenvalue weighted by atomic mass is 16.5. The van der Waals surface area contributed by atoms with E-state index in [1.807, 2.05) is 13.8 Å². The average Bonchev–Trinajstić information content (AvgIpc) is 2.05. The van der Waals surface area contributed by atoms with E-state index in [0.29, 0.717) is 12.4 Å². The van der Waals surface area contributed by atoms with Crippen LogP contribution in [0, 0.1) is 5.41 Å². The smallest absolute Gasteiger partial charge is 0.0967 e. The summed E-state index contributed by atoms with van der Waals surface area (Å²) in [6.45, 7) is 10.5. The van der Waals surface area contributed by atoms with Crippen molar-refractivity contribution in [3.8, 4) is 0 Å². The first-order valence-electron chi connectivity index (χ1n) is 4.47. The summed E-state index contributed by atoms with van der Waals surface area (Å²) in [5.74, 6) is 0.679. The second-order valence-electron chi connectivity index (χ2n) is 3.67. The minimum absolute atomic E-state index is 0.0813. The molecular weight excluding hydrogens is 152 g/mol. The van der Waals surface area contributed by atoms with Gasteiger partial charge in [-0.3, -0.25) is 0 Å². The molecule has 0 unspecified atom stereocenters. The molecule has 12 heavy (non-hydrogen) atoms. The van der Waals surface area contributed by atoms with Crippen molar-refractivity contribution < 1.29 is 9.84 Å². The van der Waals surface area contributed by atoms with Crippen LogP contribution in [0.15, 0.2) is 12.3 Å². The highest BCUT2D eigenvalue weighted by Gasteiger charge is 2.21. The number of rotatable bonds is 6. The minimum Gasteiger partial charge on any atom is -0.498 e. The van der Waals surface area contributed by atoms with E-state index in [9.17, 15) is 0 Å². The molecule has 0 saturated heterocycles. The van der Waals surface area contributed by atoms with Crippen LogP contribution in [0.3, 0.4) is 0 Å². The lowest BCUT2D eigenvalue weighted by Crippen LogP contribution is -2.21. The average molecular weight is 172 g/mol. The van der Waals surface area contributed by atoms with Crippen LogP contribution < -0.4 is 0 Å². The molecule has 0 aromatic rings. The van der Waals surface area contributed by atoms with E-state index in [4.69, 9.17) is 9.84 Å². The van der Waals surface area contributed by atoms with Gasteiger partial charge < -0.3 is 9.84 Å². The molecule has 0 spiro atoms. The molecule has 0 rings (SSSR count). The first-order chi connectivity index (χ1) is 5.54. The molecule has 0 heterocycles. The van der Waals surface area contributed by atoms with Gasteiger partial charge in [-0.2, -0.15) is 0 Å². The Balaban J connectivity index is 3.72. The van der Waals surface area contributed by atoms with Gasteiger partial charge in [-0.15, -0.1) is 0 Å². The fraction of sp³-hybridized carbons (Fsp3) is 0.800. The van der Waals surface area contributed by atoms with Crippen molar-refractivity contribution in [2.75, 3.05) is 13.2 Å². The van der Waals surface area contributed by atoms with E-state index in [1.165, 1.54) is 0 Å². The van der Waals surface area contributed by atoms with Crippen LogP contribution in [-0.2, 0) is 4.74 Å². The van der Waals surface area contributed by atoms with Gasteiger partial charge >= 0.3 is 0 Å². The molecule has 0 amide bonds. The van der Waals surface area contributed by atoms with Crippen LogP contribution in [0.5, 0.6) is 0 Å². The minimum atomic E-state index is -0.312. The second-order valence-corrected chi connectivity index (χ2v) is 3.67. The van der Waals surface area contributed by atoms with E-state index < -0.39 is 0 Å². The number of aliphatic hydroxyl groups excluding tert-OH is 1. The third-order valence-electron chi connectivity index (χ3n) is 1.92. The first kappa shape index (κ1) is 11.5. The molecule has 72 valence electrons. The van der Waals surface area contributed by atoms with E-state index in [2.05, 4.69) is 13.5 Å². The lowest BCUT2D eigenvalue weighted by atomic mass is 9.93. The van der Waals surface area contributed by atoms with Crippen molar-refractivity contribution >= 4 is 0 Å². The molecule has 2 heteroatoms. The highest BCUT2D eigenvalue weighted by molar-refractivity contribution is 4.98.